The Bertz CT molecular complexity index is 912. The maximum Gasteiger partial charge on any atom is 0.325 e. The first-order valence-corrected chi connectivity index (χ1v) is 9.68. The summed E-state index contributed by atoms with van der Waals surface area (Å²) in [4.78, 5) is 49.2. The van der Waals surface area contributed by atoms with Gasteiger partial charge in [0, 0.05) is 24.2 Å². The molecule has 30 heavy (non-hydrogen) atoms. The highest BCUT2D eigenvalue weighted by Crippen LogP contribution is 2.21. The van der Waals surface area contributed by atoms with E-state index >= 15 is 0 Å². The highest BCUT2D eigenvalue weighted by atomic mass is 16.5. The topological polar surface area (TPSA) is 105 Å². The first kappa shape index (κ1) is 21.0. The summed E-state index contributed by atoms with van der Waals surface area (Å²) in [5.41, 5.74) is 1.98. The van der Waals surface area contributed by atoms with Crippen molar-refractivity contribution in [1.82, 2.24) is 10.6 Å². The molecule has 3 rings (SSSR count). The van der Waals surface area contributed by atoms with Gasteiger partial charge >= 0.3 is 5.97 Å². The number of anilines is 1. The molecule has 156 valence electrons. The summed E-state index contributed by atoms with van der Waals surface area (Å²) in [6.07, 6.45) is 1.37. The van der Waals surface area contributed by atoms with Crippen LogP contribution >= 0.6 is 0 Å². The molecular formula is C22H23N3O5. The van der Waals surface area contributed by atoms with Crippen LogP contribution in [0.3, 0.4) is 0 Å². The van der Waals surface area contributed by atoms with Crippen LogP contribution in [0.25, 0.3) is 0 Å². The number of amides is 3. The Morgan fingerprint density at radius 3 is 2.33 bits per heavy atom. The van der Waals surface area contributed by atoms with Crippen molar-refractivity contribution in [3.8, 4) is 0 Å². The monoisotopic (exact) mass is 409 g/mol. The van der Waals surface area contributed by atoms with Crippen LogP contribution < -0.4 is 15.5 Å². The fourth-order valence-corrected chi connectivity index (χ4v) is 3.00. The molecule has 0 unspecified atom stereocenters. The summed E-state index contributed by atoms with van der Waals surface area (Å²) >= 11 is 0. The maximum atomic E-state index is 12.2. The number of ether oxygens (including phenoxy) is 1. The van der Waals surface area contributed by atoms with Gasteiger partial charge in [0.2, 0.25) is 11.8 Å². The molecule has 1 saturated heterocycles. The van der Waals surface area contributed by atoms with Crippen molar-refractivity contribution in [3.63, 3.8) is 0 Å². The number of hydrogen-bond acceptors (Lipinski definition) is 5. The van der Waals surface area contributed by atoms with Crippen molar-refractivity contribution in [3.05, 3.63) is 65.7 Å². The van der Waals surface area contributed by atoms with Gasteiger partial charge in [0.15, 0.2) is 0 Å². The van der Waals surface area contributed by atoms with E-state index in [0.29, 0.717) is 18.5 Å². The van der Waals surface area contributed by atoms with Crippen LogP contribution in [0.2, 0.25) is 0 Å². The van der Waals surface area contributed by atoms with Gasteiger partial charge in [0.25, 0.3) is 5.91 Å². The van der Waals surface area contributed by atoms with E-state index in [0.717, 1.165) is 17.7 Å². The van der Waals surface area contributed by atoms with Crippen LogP contribution in [-0.4, -0.2) is 43.3 Å². The summed E-state index contributed by atoms with van der Waals surface area (Å²) in [5, 5.41) is 4.90. The molecule has 2 N–H and O–H groups in total. The number of nitrogens with zero attached hydrogens (tertiary/aromatic N) is 1. The number of carbonyl (C=O) groups excluding carboxylic acids is 4. The summed E-state index contributed by atoms with van der Waals surface area (Å²) in [7, 11) is 0. The molecule has 1 aliphatic heterocycles. The third-order valence-corrected chi connectivity index (χ3v) is 4.60. The molecule has 0 aromatic heterocycles. The molecule has 0 radical (unpaired) electrons. The predicted octanol–water partition coefficient (Wildman–Crippen LogP) is 1.40. The van der Waals surface area contributed by atoms with Gasteiger partial charge in [-0.25, -0.2) is 0 Å². The van der Waals surface area contributed by atoms with Crippen molar-refractivity contribution < 1.29 is 23.9 Å². The fourth-order valence-electron chi connectivity index (χ4n) is 3.00. The van der Waals surface area contributed by atoms with E-state index in [2.05, 4.69) is 10.6 Å². The molecule has 0 bridgehead atoms. The number of rotatable bonds is 8. The van der Waals surface area contributed by atoms with Gasteiger partial charge in [-0.1, -0.05) is 30.3 Å². The minimum atomic E-state index is -0.564. The zero-order valence-electron chi connectivity index (χ0n) is 16.4. The molecule has 0 atom stereocenters. The Morgan fingerprint density at radius 1 is 0.933 bits per heavy atom. The maximum absolute atomic E-state index is 12.2. The fraction of sp³-hybridized carbons (Fsp3) is 0.273. The van der Waals surface area contributed by atoms with E-state index in [1.54, 1.807) is 29.2 Å². The average molecular weight is 409 g/mol. The first-order chi connectivity index (χ1) is 14.5. The lowest BCUT2D eigenvalue weighted by molar-refractivity contribution is -0.145. The molecule has 1 heterocycles. The standard InChI is InChI=1S/C22H23N3O5/c26-19(23-14-21(28)30-15-16-5-2-1-3-6-16)13-24-22(29)17-8-10-18(11-9-17)25-12-4-7-20(25)27/h1-3,5-6,8-11H,4,7,12-15H2,(H,23,26)(H,24,29). The van der Waals surface area contributed by atoms with Crippen molar-refractivity contribution >= 4 is 29.4 Å². The van der Waals surface area contributed by atoms with E-state index in [9.17, 15) is 19.2 Å². The molecular weight excluding hydrogens is 386 g/mol. The number of benzene rings is 2. The molecule has 0 spiro atoms. The summed E-state index contributed by atoms with van der Waals surface area (Å²) in [6.45, 7) is 0.265. The van der Waals surface area contributed by atoms with Crippen molar-refractivity contribution in [2.24, 2.45) is 0 Å². The largest absolute Gasteiger partial charge is 0.460 e. The third kappa shape index (κ3) is 5.91. The second-order valence-electron chi connectivity index (χ2n) is 6.80. The van der Waals surface area contributed by atoms with Gasteiger partial charge in [-0.2, -0.15) is 0 Å². The van der Waals surface area contributed by atoms with Crippen molar-refractivity contribution in [2.75, 3.05) is 24.5 Å². The number of carbonyl (C=O) groups is 4. The lowest BCUT2D eigenvalue weighted by Crippen LogP contribution is -2.39. The van der Waals surface area contributed by atoms with Gasteiger partial charge < -0.3 is 20.3 Å². The van der Waals surface area contributed by atoms with Gasteiger partial charge in [-0.3, -0.25) is 19.2 Å². The number of nitrogens with one attached hydrogen (secondary N) is 2. The molecule has 8 nitrogen and oxygen atoms in total. The van der Waals surface area contributed by atoms with Crippen LogP contribution in [0.4, 0.5) is 5.69 Å². The van der Waals surface area contributed by atoms with Gasteiger partial charge in [0.05, 0.1) is 6.54 Å². The van der Waals surface area contributed by atoms with Crippen molar-refractivity contribution in [2.45, 2.75) is 19.4 Å². The van der Waals surface area contributed by atoms with E-state index < -0.39 is 17.8 Å². The minimum Gasteiger partial charge on any atom is -0.460 e. The van der Waals surface area contributed by atoms with Gasteiger partial charge in [0.1, 0.15) is 13.2 Å². The van der Waals surface area contributed by atoms with Crippen LogP contribution in [-0.2, 0) is 25.7 Å². The number of esters is 1. The van der Waals surface area contributed by atoms with E-state index in [1.165, 1.54) is 0 Å². The lowest BCUT2D eigenvalue weighted by Gasteiger charge is -2.15. The Labute approximate surface area is 174 Å². The molecule has 2 aromatic rings. The Balaban J connectivity index is 1.37. The van der Waals surface area contributed by atoms with Crippen LogP contribution in [0.15, 0.2) is 54.6 Å². The second-order valence-corrected chi connectivity index (χ2v) is 6.80. The molecule has 1 aliphatic rings. The molecule has 2 aromatic carbocycles. The zero-order valence-corrected chi connectivity index (χ0v) is 16.4. The Kier molecular flexibility index (Phi) is 7.15. The summed E-state index contributed by atoms with van der Waals surface area (Å²) < 4.78 is 5.07. The highest BCUT2D eigenvalue weighted by Gasteiger charge is 2.21. The highest BCUT2D eigenvalue weighted by molar-refractivity contribution is 5.98. The minimum absolute atomic E-state index is 0.0752. The van der Waals surface area contributed by atoms with E-state index in [-0.39, 0.29) is 25.6 Å². The molecule has 1 fully saturated rings. The van der Waals surface area contributed by atoms with Gasteiger partial charge in [-0.05, 0) is 36.2 Å². The van der Waals surface area contributed by atoms with Crippen LogP contribution in [0.5, 0.6) is 0 Å². The normalized spacial score (nSPS) is 13.1. The first-order valence-electron chi connectivity index (χ1n) is 9.68. The van der Waals surface area contributed by atoms with E-state index in [1.807, 2.05) is 30.3 Å². The zero-order chi connectivity index (χ0) is 21.3. The van der Waals surface area contributed by atoms with Gasteiger partial charge in [-0.15, -0.1) is 0 Å². The molecule has 0 saturated carbocycles. The Morgan fingerprint density at radius 2 is 1.67 bits per heavy atom. The van der Waals surface area contributed by atoms with E-state index in [4.69, 9.17) is 4.74 Å². The third-order valence-electron chi connectivity index (χ3n) is 4.60. The smallest absolute Gasteiger partial charge is 0.325 e. The summed E-state index contributed by atoms with van der Waals surface area (Å²) in [5.74, 6) is -1.41. The predicted molar refractivity (Wildman–Crippen MR) is 110 cm³/mol. The van der Waals surface area contributed by atoms with Crippen molar-refractivity contribution in [1.29, 1.82) is 0 Å². The van der Waals surface area contributed by atoms with Crippen LogP contribution in [0.1, 0.15) is 28.8 Å². The Hall–Kier alpha value is -3.68. The average Bonchev–Trinajstić information content (AvgIpc) is 3.21. The number of hydrogen-bond donors (Lipinski definition) is 2. The quantitative estimate of drug-likeness (QED) is 0.642. The van der Waals surface area contributed by atoms with Crippen LogP contribution in [0, 0.1) is 0 Å². The molecule has 3 amide bonds. The summed E-state index contributed by atoms with van der Waals surface area (Å²) in [6, 6.07) is 15.8. The lowest BCUT2D eigenvalue weighted by atomic mass is 10.2. The SMILES string of the molecule is O=C(CNC(=O)c1ccc(N2CCCC2=O)cc1)NCC(=O)OCc1ccccc1. The second kappa shape index (κ2) is 10.2. The molecule has 8 heteroatoms. The molecule has 0 aliphatic carbocycles.